The molecule has 0 bridgehead atoms. The van der Waals surface area contributed by atoms with Crippen molar-refractivity contribution in [3.63, 3.8) is 0 Å². The lowest BCUT2D eigenvalue weighted by atomic mass is 10.1. The second-order valence-corrected chi connectivity index (χ2v) is 7.37. The molecule has 112 valence electrons. The zero-order valence-electron chi connectivity index (χ0n) is 12.1. The highest BCUT2D eigenvalue weighted by molar-refractivity contribution is 7.88. The minimum absolute atomic E-state index is 0.0490. The quantitative estimate of drug-likeness (QED) is 0.846. The molecule has 1 unspecified atom stereocenters. The van der Waals surface area contributed by atoms with Crippen molar-refractivity contribution in [2.75, 3.05) is 32.4 Å². The molecule has 1 saturated heterocycles. The number of sulfonamides is 1. The van der Waals surface area contributed by atoms with E-state index in [0.717, 1.165) is 18.5 Å². The lowest BCUT2D eigenvalue weighted by Crippen LogP contribution is -2.53. The Morgan fingerprint density at radius 2 is 1.90 bits per heavy atom. The average molecular weight is 297 g/mol. The fraction of sp³-hybridized carbons (Fsp3) is 0.571. The number of hydrogen-bond donors (Lipinski definition) is 1. The van der Waals surface area contributed by atoms with Crippen LogP contribution in [-0.4, -0.2) is 50.3 Å². The second-order valence-electron chi connectivity index (χ2n) is 5.40. The van der Waals surface area contributed by atoms with Gasteiger partial charge in [0.2, 0.25) is 10.0 Å². The van der Waals surface area contributed by atoms with Gasteiger partial charge in [0.05, 0.1) is 5.75 Å². The van der Waals surface area contributed by atoms with Gasteiger partial charge in [-0.15, -0.1) is 0 Å². The summed E-state index contributed by atoms with van der Waals surface area (Å²) in [6, 6.07) is 7.35. The molecule has 2 N–H and O–H groups in total. The van der Waals surface area contributed by atoms with Crippen molar-refractivity contribution in [2.24, 2.45) is 0 Å². The molecule has 0 radical (unpaired) electrons. The van der Waals surface area contributed by atoms with Crippen LogP contribution in [0.4, 0.5) is 5.69 Å². The predicted octanol–water partition coefficient (Wildman–Crippen LogP) is 1.12. The molecule has 1 aliphatic rings. The third-order valence-corrected chi connectivity index (χ3v) is 5.75. The Labute approximate surface area is 121 Å². The standard InChI is InChI=1S/C14H23N3O2S/c1-3-14-10-17(9-8-16(14)2)20(18,19)11-12-4-6-13(15)7-5-12/h4-7,14H,3,8-11,15H2,1-2H3. The zero-order valence-corrected chi connectivity index (χ0v) is 12.9. The SMILES string of the molecule is CCC1CN(S(=O)(=O)Cc2ccc(N)cc2)CCN1C. The molecular formula is C14H23N3O2S. The molecule has 1 heterocycles. The Bertz CT molecular complexity index is 542. The Balaban J connectivity index is 2.08. The third kappa shape index (κ3) is 3.50. The number of benzene rings is 1. The Morgan fingerprint density at radius 1 is 1.25 bits per heavy atom. The highest BCUT2D eigenvalue weighted by Gasteiger charge is 2.30. The van der Waals surface area contributed by atoms with Gasteiger partial charge < -0.3 is 10.6 Å². The minimum atomic E-state index is -3.25. The summed E-state index contributed by atoms with van der Waals surface area (Å²) in [7, 11) is -1.20. The van der Waals surface area contributed by atoms with Crippen LogP contribution in [0.15, 0.2) is 24.3 Å². The normalized spacial score (nSPS) is 22.0. The summed E-state index contributed by atoms with van der Waals surface area (Å²) in [6.07, 6.45) is 0.963. The predicted molar refractivity (Wildman–Crippen MR) is 81.8 cm³/mol. The van der Waals surface area contributed by atoms with Crippen LogP contribution >= 0.6 is 0 Å². The summed E-state index contributed by atoms with van der Waals surface area (Å²) in [5, 5.41) is 0. The fourth-order valence-electron chi connectivity index (χ4n) is 2.53. The van der Waals surface area contributed by atoms with Crippen LogP contribution in [0.1, 0.15) is 18.9 Å². The van der Waals surface area contributed by atoms with Crippen molar-refractivity contribution < 1.29 is 8.42 Å². The van der Waals surface area contributed by atoms with E-state index in [9.17, 15) is 8.42 Å². The van der Waals surface area contributed by atoms with E-state index in [1.807, 2.05) is 0 Å². The number of anilines is 1. The largest absolute Gasteiger partial charge is 0.399 e. The van der Waals surface area contributed by atoms with Gasteiger partial charge in [0, 0.05) is 31.4 Å². The van der Waals surface area contributed by atoms with Crippen LogP contribution < -0.4 is 5.73 Å². The van der Waals surface area contributed by atoms with E-state index in [2.05, 4.69) is 18.9 Å². The zero-order chi connectivity index (χ0) is 14.8. The summed E-state index contributed by atoms with van der Waals surface area (Å²) in [4.78, 5) is 2.23. The van der Waals surface area contributed by atoms with Gasteiger partial charge in [-0.25, -0.2) is 8.42 Å². The van der Waals surface area contributed by atoms with E-state index in [-0.39, 0.29) is 5.75 Å². The molecular weight excluding hydrogens is 274 g/mol. The summed E-state index contributed by atoms with van der Waals surface area (Å²) in [5.41, 5.74) is 7.05. The lowest BCUT2D eigenvalue weighted by molar-refractivity contribution is 0.144. The van der Waals surface area contributed by atoms with Crippen LogP contribution in [-0.2, 0) is 15.8 Å². The van der Waals surface area contributed by atoms with Crippen LogP contribution in [0.5, 0.6) is 0 Å². The number of rotatable bonds is 4. The third-order valence-electron chi connectivity index (χ3n) is 3.93. The Kier molecular flexibility index (Phi) is 4.67. The van der Waals surface area contributed by atoms with Gasteiger partial charge in [-0.3, -0.25) is 0 Å². The molecule has 5 nitrogen and oxygen atoms in total. The molecule has 6 heteroatoms. The maximum atomic E-state index is 12.5. The van der Waals surface area contributed by atoms with Gasteiger partial charge in [-0.05, 0) is 31.2 Å². The first kappa shape index (κ1) is 15.3. The minimum Gasteiger partial charge on any atom is -0.399 e. The molecule has 0 spiro atoms. The van der Waals surface area contributed by atoms with Crippen molar-refractivity contribution in [1.29, 1.82) is 0 Å². The van der Waals surface area contributed by atoms with E-state index < -0.39 is 10.0 Å². The molecule has 20 heavy (non-hydrogen) atoms. The van der Waals surface area contributed by atoms with E-state index in [4.69, 9.17) is 5.73 Å². The topological polar surface area (TPSA) is 66.6 Å². The fourth-order valence-corrected chi connectivity index (χ4v) is 4.08. The molecule has 1 aromatic carbocycles. The molecule has 0 saturated carbocycles. The first-order valence-corrected chi connectivity index (χ1v) is 8.56. The number of likely N-dealkylation sites (N-methyl/N-ethyl adjacent to an activating group) is 1. The molecule has 1 aromatic rings. The van der Waals surface area contributed by atoms with Crippen LogP contribution in [0.25, 0.3) is 0 Å². The molecule has 0 aromatic heterocycles. The number of piperazine rings is 1. The Morgan fingerprint density at radius 3 is 2.50 bits per heavy atom. The van der Waals surface area contributed by atoms with Crippen molar-refractivity contribution in [3.05, 3.63) is 29.8 Å². The number of hydrogen-bond acceptors (Lipinski definition) is 4. The maximum absolute atomic E-state index is 12.5. The first-order valence-electron chi connectivity index (χ1n) is 6.95. The van der Waals surface area contributed by atoms with Crippen LogP contribution in [0.2, 0.25) is 0 Å². The second kappa shape index (κ2) is 6.11. The van der Waals surface area contributed by atoms with Crippen molar-refractivity contribution >= 4 is 15.7 Å². The molecule has 1 aliphatic heterocycles. The van der Waals surface area contributed by atoms with Crippen LogP contribution in [0, 0.1) is 0 Å². The van der Waals surface area contributed by atoms with Crippen molar-refractivity contribution in [1.82, 2.24) is 9.21 Å². The van der Waals surface area contributed by atoms with E-state index in [1.165, 1.54) is 0 Å². The summed E-state index contributed by atoms with van der Waals surface area (Å²) in [6.45, 7) is 4.05. The number of nitrogens with zero attached hydrogens (tertiary/aromatic N) is 2. The summed E-state index contributed by atoms with van der Waals surface area (Å²) >= 11 is 0. The molecule has 1 atom stereocenters. The van der Waals surface area contributed by atoms with Crippen LogP contribution in [0.3, 0.4) is 0 Å². The summed E-state index contributed by atoms with van der Waals surface area (Å²) < 4.78 is 26.6. The highest BCUT2D eigenvalue weighted by Crippen LogP contribution is 2.18. The van der Waals surface area contributed by atoms with Gasteiger partial charge in [0.25, 0.3) is 0 Å². The van der Waals surface area contributed by atoms with E-state index in [0.29, 0.717) is 24.8 Å². The maximum Gasteiger partial charge on any atom is 0.218 e. The van der Waals surface area contributed by atoms with Gasteiger partial charge in [0.1, 0.15) is 0 Å². The average Bonchev–Trinajstić information content (AvgIpc) is 2.41. The van der Waals surface area contributed by atoms with E-state index >= 15 is 0 Å². The molecule has 1 fully saturated rings. The summed E-state index contributed by atoms with van der Waals surface area (Å²) in [5.74, 6) is 0.0490. The molecule has 2 rings (SSSR count). The van der Waals surface area contributed by atoms with Gasteiger partial charge >= 0.3 is 0 Å². The van der Waals surface area contributed by atoms with E-state index in [1.54, 1.807) is 28.6 Å². The molecule has 0 aliphatic carbocycles. The Hall–Kier alpha value is -1.11. The van der Waals surface area contributed by atoms with Crippen molar-refractivity contribution in [3.8, 4) is 0 Å². The molecule has 0 amide bonds. The smallest absolute Gasteiger partial charge is 0.218 e. The first-order chi connectivity index (χ1) is 9.42. The van der Waals surface area contributed by atoms with Gasteiger partial charge in [-0.2, -0.15) is 4.31 Å². The number of nitrogens with two attached hydrogens (primary N) is 1. The lowest BCUT2D eigenvalue weighted by Gasteiger charge is -2.38. The van der Waals surface area contributed by atoms with Gasteiger partial charge in [0.15, 0.2) is 0 Å². The van der Waals surface area contributed by atoms with Crippen molar-refractivity contribution in [2.45, 2.75) is 25.1 Å². The highest BCUT2D eigenvalue weighted by atomic mass is 32.2. The monoisotopic (exact) mass is 297 g/mol. The number of nitrogen functional groups attached to an aromatic ring is 1. The van der Waals surface area contributed by atoms with Gasteiger partial charge in [-0.1, -0.05) is 19.1 Å².